The average molecular weight is 352 g/mol. The third-order valence-corrected chi connectivity index (χ3v) is 3.82. The Morgan fingerprint density at radius 2 is 2.05 bits per heavy atom. The fourth-order valence-corrected chi connectivity index (χ4v) is 2.77. The van der Waals surface area contributed by atoms with E-state index in [1.54, 1.807) is 0 Å². The lowest BCUT2D eigenvalue weighted by Gasteiger charge is -2.09. The molecule has 2 N–H and O–H groups in total. The SMILES string of the molecule is COC(=O)CS(=O)(=O)Nc1ccc(C(=O)O)cc1Br. The zero-order chi connectivity index (χ0) is 14.6. The molecule has 0 aromatic heterocycles. The second kappa shape index (κ2) is 6.02. The fourth-order valence-electron chi connectivity index (χ4n) is 1.15. The van der Waals surface area contributed by atoms with Gasteiger partial charge in [-0.05, 0) is 34.1 Å². The second-order valence-electron chi connectivity index (χ2n) is 3.44. The molecule has 104 valence electrons. The molecule has 0 aliphatic rings. The number of hydrogen-bond donors (Lipinski definition) is 2. The van der Waals surface area contributed by atoms with E-state index in [1.807, 2.05) is 0 Å². The van der Waals surface area contributed by atoms with E-state index in [0.29, 0.717) is 0 Å². The van der Waals surface area contributed by atoms with Gasteiger partial charge in [-0.3, -0.25) is 9.52 Å². The van der Waals surface area contributed by atoms with Crippen LogP contribution in [0.1, 0.15) is 10.4 Å². The van der Waals surface area contributed by atoms with Crippen LogP contribution in [-0.4, -0.2) is 38.3 Å². The van der Waals surface area contributed by atoms with Gasteiger partial charge in [-0.15, -0.1) is 0 Å². The Balaban J connectivity index is 2.94. The molecular formula is C10H10BrNO6S. The molecule has 7 nitrogen and oxygen atoms in total. The van der Waals surface area contributed by atoms with Gasteiger partial charge in [0.05, 0.1) is 18.4 Å². The number of aromatic carboxylic acids is 1. The molecule has 0 aliphatic heterocycles. The molecular weight excluding hydrogens is 342 g/mol. The normalized spacial score (nSPS) is 10.8. The molecule has 0 radical (unpaired) electrons. The minimum absolute atomic E-state index is 0.00258. The molecule has 19 heavy (non-hydrogen) atoms. The molecule has 0 aliphatic carbocycles. The summed E-state index contributed by atoms with van der Waals surface area (Å²) >= 11 is 3.04. The summed E-state index contributed by atoms with van der Waals surface area (Å²) in [6.07, 6.45) is 0. The molecule has 9 heteroatoms. The van der Waals surface area contributed by atoms with Crippen molar-refractivity contribution in [1.82, 2.24) is 0 Å². The molecule has 0 saturated carbocycles. The lowest BCUT2D eigenvalue weighted by Crippen LogP contribution is -2.23. The van der Waals surface area contributed by atoms with Crippen LogP contribution in [0.4, 0.5) is 5.69 Å². The van der Waals surface area contributed by atoms with Gasteiger partial charge in [-0.2, -0.15) is 0 Å². The summed E-state index contributed by atoms with van der Waals surface area (Å²) in [4.78, 5) is 21.6. The van der Waals surface area contributed by atoms with Crippen LogP contribution in [0.25, 0.3) is 0 Å². The number of hydrogen-bond acceptors (Lipinski definition) is 5. The molecule has 0 amide bonds. The molecule has 0 heterocycles. The maximum absolute atomic E-state index is 11.6. The highest BCUT2D eigenvalue weighted by Crippen LogP contribution is 2.24. The number of rotatable bonds is 5. The van der Waals surface area contributed by atoms with E-state index in [0.717, 1.165) is 7.11 Å². The van der Waals surface area contributed by atoms with E-state index in [2.05, 4.69) is 25.4 Å². The predicted molar refractivity (Wildman–Crippen MR) is 70.5 cm³/mol. The number of carboxylic acids is 1. The maximum atomic E-state index is 11.6. The minimum atomic E-state index is -3.90. The highest BCUT2D eigenvalue weighted by atomic mass is 79.9. The third kappa shape index (κ3) is 4.52. The molecule has 0 fully saturated rings. The summed E-state index contributed by atoms with van der Waals surface area (Å²) in [5.74, 6) is -2.85. The van der Waals surface area contributed by atoms with Crippen molar-refractivity contribution in [3.63, 3.8) is 0 Å². The van der Waals surface area contributed by atoms with E-state index in [9.17, 15) is 18.0 Å². The zero-order valence-electron chi connectivity index (χ0n) is 9.71. The topological polar surface area (TPSA) is 110 Å². The Kier molecular flexibility index (Phi) is 4.90. The van der Waals surface area contributed by atoms with Crippen LogP contribution in [0.5, 0.6) is 0 Å². The Bertz CT molecular complexity index is 612. The maximum Gasteiger partial charge on any atom is 0.335 e. The van der Waals surface area contributed by atoms with Crippen molar-refractivity contribution in [3.05, 3.63) is 28.2 Å². The van der Waals surface area contributed by atoms with Crippen molar-refractivity contribution < 1.29 is 27.9 Å². The number of benzene rings is 1. The number of carbonyl (C=O) groups is 2. The summed E-state index contributed by atoms with van der Waals surface area (Å²) < 4.78 is 29.8. The number of ether oxygens (including phenoxy) is 1. The average Bonchev–Trinajstić information content (AvgIpc) is 2.30. The van der Waals surface area contributed by atoms with Crippen molar-refractivity contribution in [2.24, 2.45) is 0 Å². The van der Waals surface area contributed by atoms with Crippen molar-refractivity contribution >= 4 is 43.6 Å². The minimum Gasteiger partial charge on any atom is -0.478 e. The lowest BCUT2D eigenvalue weighted by molar-refractivity contribution is -0.137. The zero-order valence-corrected chi connectivity index (χ0v) is 12.1. The standard InChI is InChI=1S/C10H10BrNO6S/c1-18-9(13)5-19(16,17)12-8-3-2-6(10(14)15)4-7(8)11/h2-4,12H,5H2,1H3,(H,14,15). The quantitative estimate of drug-likeness (QED) is 0.767. The molecule has 0 bridgehead atoms. The molecule has 0 unspecified atom stereocenters. The number of carbonyl (C=O) groups excluding carboxylic acids is 1. The lowest BCUT2D eigenvalue weighted by atomic mass is 10.2. The highest BCUT2D eigenvalue weighted by molar-refractivity contribution is 9.10. The van der Waals surface area contributed by atoms with Crippen LogP contribution in [-0.2, 0) is 19.6 Å². The molecule has 0 spiro atoms. The Hall–Kier alpha value is -1.61. The van der Waals surface area contributed by atoms with Crippen molar-refractivity contribution in [2.45, 2.75) is 0 Å². The van der Waals surface area contributed by atoms with Crippen LogP contribution in [0.2, 0.25) is 0 Å². The van der Waals surface area contributed by atoms with Crippen molar-refractivity contribution in [2.75, 3.05) is 17.6 Å². The van der Waals surface area contributed by atoms with E-state index < -0.39 is 27.7 Å². The summed E-state index contributed by atoms with van der Waals surface area (Å²) in [5, 5.41) is 8.76. The van der Waals surface area contributed by atoms with Crippen molar-refractivity contribution in [1.29, 1.82) is 0 Å². The number of halogens is 1. The summed E-state index contributed by atoms with van der Waals surface area (Å²) in [6, 6.07) is 3.77. The van der Waals surface area contributed by atoms with Gasteiger partial charge in [0.2, 0.25) is 10.0 Å². The molecule has 1 aromatic rings. The largest absolute Gasteiger partial charge is 0.478 e. The summed E-state index contributed by atoms with van der Waals surface area (Å²) in [6.45, 7) is 0. The van der Waals surface area contributed by atoms with Crippen LogP contribution in [0.15, 0.2) is 22.7 Å². The first-order chi connectivity index (χ1) is 8.75. The number of carboxylic acid groups (broad SMARTS) is 1. The number of anilines is 1. The van der Waals surface area contributed by atoms with E-state index in [4.69, 9.17) is 5.11 Å². The first-order valence-corrected chi connectivity index (χ1v) is 7.30. The molecule has 1 rings (SSSR count). The molecule has 0 saturated heterocycles. The molecule has 0 atom stereocenters. The Morgan fingerprint density at radius 3 is 2.53 bits per heavy atom. The van der Waals surface area contributed by atoms with Gasteiger partial charge in [0, 0.05) is 4.47 Å². The predicted octanol–water partition coefficient (Wildman–Crippen LogP) is 1.06. The monoisotopic (exact) mass is 351 g/mol. The molecule has 1 aromatic carbocycles. The van der Waals surface area contributed by atoms with Crippen LogP contribution >= 0.6 is 15.9 Å². The van der Waals surface area contributed by atoms with Gasteiger partial charge < -0.3 is 9.84 Å². The first kappa shape index (κ1) is 15.4. The number of sulfonamides is 1. The summed E-state index contributed by atoms with van der Waals surface area (Å²) in [5.41, 5.74) is 0.136. The number of esters is 1. The van der Waals surface area contributed by atoms with Crippen molar-refractivity contribution in [3.8, 4) is 0 Å². The van der Waals surface area contributed by atoms with Gasteiger partial charge in [0.25, 0.3) is 0 Å². The smallest absolute Gasteiger partial charge is 0.335 e. The van der Waals surface area contributed by atoms with Crippen LogP contribution < -0.4 is 4.72 Å². The second-order valence-corrected chi connectivity index (χ2v) is 6.01. The first-order valence-electron chi connectivity index (χ1n) is 4.85. The van der Waals surface area contributed by atoms with Gasteiger partial charge in [-0.1, -0.05) is 0 Å². The number of methoxy groups -OCH3 is 1. The van der Waals surface area contributed by atoms with E-state index in [1.165, 1.54) is 18.2 Å². The van der Waals surface area contributed by atoms with Crippen LogP contribution in [0.3, 0.4) is 0 Å². The van der Waals surface area contributed by atoms with E-state index in [-0.39, 0.29) is 15.7 Å². The van der Waals surface area contributed by atoms with Gasteiger partial charge in [-0.25, -0.2) is 13.2 Å². The Morgan fingerprint density at radius 1 is 1.42 bits per heavy atom. The van der Waals surface area contributed by atoms with Gasteiger partial charge in [0.1, 0.15) is 0 Å². The highest BCUT2D eigenvalue weighted by Gasteiger charge is 2.18. The Labute approximate surface area is 117 Å². The van der Waals surface area contributed by atoms with Gasteiger partial charge in [0.15, 0.2) is 5.75 Å². The summed E-state index contributed by atoms with van der Waals surface area (Å²) in [7, 11) is -2.82. The van der Waals surface area contributed by atoms with Crippen LogP contribution in [0, 0.1) is 0 Å². The third-order valence-electron chi connectivity index (χ3n) is 2.02. The number of nitrogens with one attached hydrogen (secondary N) is 1. The van der Waals surface area contributed by atoms with Gasteiger partial charge >= 0.3 is 11.9 Å². The fraction of sp³-hybridized carbons (Fsp3) is 0.200. The van der Waals surface area contributed by atoms with E-state index >= 15 is 0 Å².